The molecule has 2 N–H and O–H groups in total. The molecule has 0 bridgehead atoms. The van der Waals surface area contributed by atoms with Crippen LogP contribution in [0, 0.1) is 5.41 Å². The van der Waals surface area contributed by atoms with Crippen LogP contribution < -0.4 is 5.73 Å². The van der Waals surface area contributed by atoms with Crippen molar-refractivity contribution in [2.45, 2.75) is 38.8 Å². The predicted octanol–water partition coefficient (Wildman–Crippen LogP) is 3.29. The first-order valence-corrected chi connectivity index (χ1v) is 7.06. The van der Waals surface area contributed by atoms with Crippen LogP contribution >= 0.6 is 11.6 Å². The first-order chi connectivity index (χ1) is 8.51. The summed E-state index contributed by atoms with van der Waals surface area (Å²) in [5.74, 6) is 0. The van der Waals surface area contributed by atoms with Gasteiger partial charge in [0.15, 0.2) is 0 Å². The summed E-state index contributed by atoms with van der Waals surface area (Å²) in [4.78, 5) is 2.34. The maximum Gasteiger partial charge on any atom is 0.0451 e. The van der Waals surface area contributed by atoms with Gasteiger partial charge < -0.3 is 10.6 Å². The number of nitrogens with two attached hydrogens (primary N) is 1. The van der Waals surface area contributed by atoms with Crippen LogP contribution in [0.2, 0.25) is 5.02 Å². The highest BCUT2D eigenvalue weighted by Gasteiger charge is 2.37. The summed E-state index contributed by atoms with van der Waals surface area (Å²) in [7, 11) is 2.15. The monoisotopic (exact) mass is 266 g/mol. The van der Waals surface area contributed by atoms with Gasteiger partial charge >= 0.3 is 0 Å². The molecule has 1 aliphatic carbocycles. The number of benzene rings is 1. The van der Waals surface area contributed by atoms with E-state index < -0.39 is 0 Å². The van der Waals surface area contributed by atoms with Crippen LogP contribution in [0.5, 0.6) is 0 Å². The van der Waals surface area contributed by atoms with Gasteiger partial charge in [-0.2, -0.15) is 0 Å². The van der Waals surface area contributed by atoms with Crippen LogP contribution in [0.1, 0.15) is 31.7 Å². The van der Waals surface area contributed by atoms with E-state index in [0.29, 0.717) is 6.04 Å². The highest BCUT2D eigenvalue weighted by molar-refractivity contribution is 6.31. The highest BCUT2D eigenvalue weighted by Crippen LogP contribution is 2.37. The maximum absolute atomic E-state index is 6.23. The minimum absolute atomic E-state index is 0.260. The van der Waals surface area contributed by atoms with Gasteiger partial charge in [-0.25, -0.2) is 0 Å². The zero-order chi connectivity index (χ0) is 13.2. The molecule has 1 aromatic carbocycles. The molecular weight excluding hydrogens is 244 g/mol. The molecule has 0 aliphatic heterocycles. The van der Waals surface area contributed by atoms with E-state index in [4.69, 9.17) is 17.3 Å². The second kappa shape index (κ2) is 5.60. The maximum atomic E-state index is 6.23. The average Bonchev–Trinajstić information content (AvgIpc) is 2.62. The fraction of sp³-hybridized carbons (Fsp3) is 0.600. The standard InChI is InChI=1S/C15H23ClN2/c1-15(9-5-8-14(15)17)11-18(2)10-12-6-3-4-7-13(12)16/h3-4,6-7,14H,5,8-11,17H2,1-2H3. The second-order valence-corrected chi connectivity index (χ2v) is 6.32. The molecule has 0 saturated heterocycles. The summed E-state index contributed by atoms with van der Waals surface area (Å²) >= 11 is 6.20. The van der Waals surface area contributed by atoms with Gasteiger partial charge in [0.1, 0.15) is 0 Å². The topological polar surface area (TPSA) is 29.3 Å². The molecule has 1 fully saturated rings. The Labute approximate surface area is 115 Å². The van der Waals surface area contributed by atoms with Crippen molar-refractivity contribution < 1.29 is 0 Å². The molecule has 0 aromatic heterocycles. The summed E-state index contributed by atoms with van der Waals surface area (Å²) in [6, 6.07) is 8.40. The zero-order valence-electron chi connectivity index (χ0n) is 11.3. The minimum atomic E-state index is 0.260. The number of rotatable bonds is 4. The average molecular weight is 267 g/mol. The van der Waals surface area contributed by atoms with E-state index in [1.54, 1.807) is 0 Å². The first-order valence-electron chi connectivity index (χ1n) is 6.69. The Morgan fingerprint density at radius 1 is 1.44 bits per heavy atom. The number of nitrogens with zero attached hydrogens (tertiary/aromatic N) is 1. The normalized spacial score (nSPS) is 27.9. The van der Waals surface area contributed by atoms with E-state index in [9.17, 15) is 0 Å². The lowest BCUT2D eigenvalue weighted by Crippen LogP contribution is -2.42. The quantitative estimate of drug-likeness (QED) is 0.906. The molecule has 0 radical (unpaired) electrons. The Bertz CT molecular complexity index is 407. The molecule has 18 heavy (non-hydrogen) atoms. The lowest BCUT2D eigenvalue weighted by molar-refractivity contribution is 0.173. The van der Waals surface area contributed by atoms with Crippen LogP contribution in [-0.4, -0.2) is 24.5 Å². The van der Waals surface area contributed by atoms with Gasteiger partial charge in [-0.1, -0.05) is 43.1 Å². The molecule has 100 valence electrons. The third-order valence-electron chi connectivity index (χ3n) is 4.19. The summed E-state index contributed by atoms with van der Waals surface area (Å²) < 4.78 is 0. The van der Waals surface area contributed by atoms with Gasteiger partial charge in [-0.05, 0) is 36.9 Å². The van der Waals surface area contributed by atoms with Crippen LogP contribution in [0.4, 0.5) is 0 Å². The van der Waals surface area contributed by atoms with E-state index in [2.05, 4.69) is 24.9 Å². The number of hydrogen-bond acceptors (Lipinski definition) is 2. The molecule has 0 spiro atoms. The lowest BCUT2D eigenvalue weighted by Gasteiger charge is -2.33. The fourth-order valence-corrected chi connectivity index (χ4v) is 3.24. The fourth-order valence-electron chi connectivity index (χ4n) is 3.05. The molecule has 2 nitrogen and oxygen atoms in total. The molecule has 2 unspecified atom stereocenters. The Hall–Kier alpha value is -0.570. The third-order valence-corrected chi connectivity index (χ3v) is 4.56. The molecule has 1 aliphatic rings. The summed E-state index contributed by atoms with van der Waals surface area (Å²) in [5.41, 5.74) is 7.68. The van der Waals surface area contributed by atoms with E-state index in [0.717, 1.165) is 24.5 Å². The Morgan fingerprint density at radius 3 is 2.78 bits per heavy atom. The molecule has 1 aromatic rings. The van der Waals surface area contributed by atoms with E-state index in [1.807, 2.05) is 18.2 Å². The first kappa shape index (κ1) is 13.9. The van der Waals surface area contributed by atoms with Crippen molar-refractivity contribution in [1.82, 2.24) is 4.90 Å². The molecule has 0 heterocycles. The van der Waals surface area contributed by atoms with Crippen molar-refractivity contribution in [3.05, 3.63) is 34.9 Å². The summed E-state index contributed by atoms with van der Waals surface area (Å²) in [6.45, 7) is 4.25. The second-order valence-electron chi connectivity index (χ2n) is 5.92. The van der Waals surface area contributed by atoms with Crippen molar-refractivity contribution in [1.29, 1.82) is 0 Å². The molecule has 2 atom stereocenters. The SMILES string of the molecule is CN(Cc1ccccc1Cl)CC1(C)CCCC1N. The van der Waals surface area contributed by atoms with Crippen LogP contribution in [0.15, 0.2) is 24.3 Å². The van der Waals surface area contributed by atoms with Gasteiger partial charge in [-0.3, -0.25) is 0 Å². The number of halogens is 1. The van der Waals surface area contributed by atoms with Crippen molar-refractivity contribution in [3.63, 3.8) is 0 Å². The third kappa shape index (κ3) is 3.05. The Kier molecular flexibility index (Phi) is 4.31. The van der Waals surface area contributed by atoms with Gasteiger partial charge in [0, 0.05) is 24.2 Å². The smallest absolute Gasteiger partial charge is 0.0451 e. The van der Waals surface area contributed by atoms with Gasteiger partial charge in [0.25, 0.3) is 0 Å². The van der Waals surface area contributed by atoms with E-state index >= 15 is 0 Å². The summed E-state index contributed by atoms with van der Waals surface area (Å²) in [6.07, 6.45) is 3.66. The minimum Gasteiger partial charge on any atom is -0.327 e. The Balaban J connectivity index is 1.97. The van der Waals surface area contributed by atoms with Gasteiger partial charge in [-0.15, -0.1) is 0 Å². The van der Waals surface area contributed by atoms with E-state index in [-0.39, 0.29) is 5.41 Å². The van der Waals surface area contributed by atoms with Crippen molar-refractivity contribution in [2.24, 2.45) is 11.1 Å². The molecule has 2 rings (SSSR count). The van der Waals surface area contributed by atoms with Crippen molar-refractivity contribution in [3.8, 4) is 0 Å². The highest BCUT2D eigenvalue weighted by atomic mass is 35.5. The van der Waals surface area contributed by atoms with Crippen molar-refractivity contribution in [2.75, 3.05) is 13.6 Å². The summed E-state index contributed by atoms with van der Waals surface area (Å²) in [5, 5.41) is 0.852. The Morgan fingerprint density at radius 2 is 2.17 bits per heavy atom. The van der Waals surface area contributed by atoms with Crippen LogP contribution in [-0.2, 0) is 6.54 Å². The molecule has 0 amide bonds. The zero-order valence-corrected chi connectivity index (χ0v) is 12.1. The largest absolute Gasteiger partial charge is 0.327 e. The number of hydrogen-bond donors (Lipinski definition) is 1. The predicted molar refractivity (Wildman–Crippen MR) is 77.7 cm³/mol. The molecule has 3 heteroatoms. The van der Waals surface area contributed by atoms with Crippen LogP contribution in [0.25, 0.3) is 0 Å². The van der Waals surface area contributed by atoms with Crippen LogP contribution in [0.3, 0.4) is 0 Å². The molecule has 1 saturated carbocycles. The van der Waals surface area contributed by atoms with Crippen molar-refractivity contribution >= 4 is 11.6 Å². The lowest BCUT2D eigenvalue weighted by atomic mass is 9.84. The van der Waals surface area contributed by atoms with Gasteiger partial charge in [0.2, 0.25) is 0 Å². The van der Waals surface area contributed by atoms with E-state index in [1.165, 1.54) is 18.4 Å². The molecular formula is C15H23ClN2. The van der Waals surface area contributed by atoms with Gasteiger partial charge in [0.05, 0.1) is 0 Å².